The average Bonchev–Trinajstić information content (AvgIpc) is 2.67. The van der Waals surface area contributed by atoms with Crippen LogP contribution >= 0.6 is 12.2 Å². The number of anilines is 1. The van der Waals surface area contributed by atoms with E-state index in [1.165, 1.54) is 26.4 Å². The number of nitro groups is 1. The second-order valence-electron chi connectivity index (χ2n) is 5.65. The number of methoxy groups -OCH3 is 2. The zero-order chi connectivity index (χ0) is 20.7. The maximum atomic E-state index is 12.0. The highest BCUT2D eigenvalue weighted by Gasteiger charge is 2.12. The van der Waals surface area contributed by atoms with Crippen molar-refractivity contribution in [3.05, 3.63) is 63.7 Å². The summed E-state index contributed by atoms with van der Waals surface area (Å²) in [6.45, 7) is 1.64. The lowest BCUT2D eigenvalue weighted by Crippen LogP contribution is -2.32. The first-order valence-corrected chi connectivity index (χ1v) is 8.52. The first-order chi connectivity index (χ1) is 13.3. The number of thiocarbonyl (C=S) groups is 1. The highest BCUT2D eigenvalue weighted by molar-refractivity contribution is 7.80. The molecule has 2 rings (SSSR count). The summed E-state index contributed by atoms with van der Waals surface area (Å²) in [6, 6.07) is 9.82. The van der Waals surface area contributed by atoms with Crippen LogP contribution in [0.2, 0.25) is 0 Å². The topological polar surface area (TPSA) is 103 Å². The Labute approximate surface area is 167 Å². The van der Waals surface area contributed by atoms with Gasteiger partial charge in [-0.1, -0.05) is 12.1 Å². The molecule has 0 aliphatic carbocycles. The summed E-state index contributed by atoms with van der Waals surface area (Å²) in [7, 11) is 3.06. The van der Waals surface area contributed by atoms with Gasteiger partial charge in [0, 0.05) is 23.4 Å². The van der Waals surface area contributed by atoms with E-state index in [2.05, 4.69) is 10.6 Å². The van der Waals surface area contributed by atoms with Crippen molar-refractivity contribution in [1.29, 1.82) is 0 Å². The third-order valence-electron chi connectivity index (χ3n) is 3.74. The predicted octanol–water partition coefficient (Wildman–Crippen LogP) is 3.45. The van der Waals surface area contributed by atoms with E-state index in [0.717, 1.165) is 5.56 Å². The van der Waals surface area contributed by atoms with Gasteiger partial charge in [-0.25, -0.2) is 0 Å². The number of carbonyl (C=O) groups excluding carboxylic acids is 1. The number of rotatable bonds is 6. The van der Waals surface area contributed by atoms with Crippen molar-refractivity contribution >= 4 is 40.7 Å². The van der Waals surface area contributed by atoms with E-state index in [1.807, 2.05) is 0 Å². The fourth-order valence-corrected chi connectivity index (χ4v) is 2.55. The molecule has 0 saturated heterocycles. The van der Waals surface area contributed by atoms with E-state index in [9.17, 15) is 14.9 Å². The van der Waals surface area contributed by atoms with Gasteiger partial charge in [0.05, 0.1) is 19.1 Å². The molecule has 8 nitrogen and oxygen atoms in total. The molecular weight excluding hydrogens is 382 g/mol. The minimum Gasteiger partial charge on any atom is -0.493 e. The van der Waals surface area contributed by atoms with E-state index in [-0.39, 0.29) is 10.8 Å². The van der Waals surface area contributed by atoms with Crippen LogP contribution < -0.4 is 20.1 Å². The molecule has 0 bridgehead atoms. The molecule has 0 heterocycles. The number of nitro benzene ring substituents is 1. The Morgan fingerprint density at radius 2 is 1.86 bits per heavy atom. The molecule has 9 heteroatoms. The smallest absolute Gasteiger partial charge is 0.274 e. The Morgan fingerprint density at radius 3 is 2.50 bits per heavy atom. The van der Waals surface area contributed by atoms with E-state index in [0.29, 0.717) is 22.7 Å². The van der Waals surface area contributed by atoms with Crippen molar-refractivity contribution in [2.45, 2.75) is 6.92 Å². The molecule has 0 spiro atoms. The van der Waals surface area contributed by atoms with E-state index in [1.54, 1.807) is 43.3 Å². The first-order valence-electron chi connectivity index (χ1n) is 8.11. The molecule has 0 aliphatic heterocycles. The van der Waals surface area contributed by atoms with Crippen molar-refractivity contribution in [2.75, 3.05) is 19.5 Å². The fraction of sp³-hybridized carbons (Fsp3) is 0.158. The van der Waals surface area contributed by atoms with Crippen LogP contribution in [0.5, 0.6) is 11.5 Å². The molecule has 0 saturated carbocycles. The number of nitrogens with zero attached hydrogens (tertiary/aromatic N) is 1. The maximum absolute atomic E-state index is 12.0. The summed E-state index contributed by atoms with van der Waals surface area (Å²) in [4.78, 5) is 22.5. The van der Waals surface area contributed by atoms with Crippen LogP contribution in [0.1, 0.15) is 11.1 Å². The Morgan fingerprint density at radius 1 is 1.14 bits per heavy atom. The number of hydrogen-bond acceptors (Lipinski definition) is 6. The van der Waals surface area contributed by atoms with Gasteiger partial charge in [-0.15, -0.1) is 0 Å². The van der Waals surface area contributed by atoms with Crippen LogP contribution in [0.4, 0.5) is 11.4 Å². The van der Waals surface area contributed by atoms with Gasteiger partial charge in [-0.05, 0) is 49.0 Å². The molecule has 28 heavy (non-hydrogen) atoms. The molecule has 0 fully saturated rings. The first kappa shape index (κ1) is 20.8. The zero-order valence-electron chi connectivity index (χ0n) is 15.5. The van der Waals surface area contributed by atoms with Crippen LogP contribution in [0.25, 0.3) is 6.08 Å². The number of benzene rings is 2. The summed E-state index contributed by atoms with van der Waals surface area (Å²) < 4.78 is 10.4. The van der Waals surface area contributed by atoms with Crippen LogP contribution in [0, 0.1) is 17.0 Å². The minimum atomic E-state index is -0.478. The molecule has 1 amide bonds. The number of amides is 1. The molecule has 2 aromatic carbocycles. The maximum Gasteiger partial charge on any atom is 0.274 e. The highest BCUT2D eigenvalue weighted by atomic mass is 32.1. The summed E-state index contributed by atoms with van der Waals surface area (Å²) in [6.07, 6.45) is 2.91. The Kier molecular flexibility index (Phi) is 7.05. The lowest BCUT2D eigenvalue weighted by atomic mass is 10.2. The third kappa shape index (κ3) is 5.52. The van der Waals surface area contributed by atoms with Gasteiger partial charge in [-0.3, -0.25) is 20.2 Å². The summed E-state index contributed by atoms with van der Waals surface area (Å²) in [5.74, 6) is 0.679. The van der Waals surface area contributed by atoms with Gasteiger partial charge in [0.1, 0.15) is 0 Å². The standard InChI is InChI=1S/C19H19N3O5S/c1-12-4-7-14(11-15(12)22(24)25)20-19(28)21-18(23)9-6-13-5-8-16(26-2)17(10-13)27-3/h4-11H,1-3H3,(H2,20,21,23,28)/b9-6+. The van der Waals surface area contributed by atoms with Crippen molar-refractivity contribution in [3.8, 4) is 11.5 Å². The van der Waals surface area contributed by atoms with Crippen molar-refractivity contribution in [2.24, 2.45) is 0 Å². The summed E-state index contributed by atoms with van der Waals surface area (Å²) >= 11 is 5.07. The van der Waals surface area contributed by atoms with Crippen molar-refractivity contribution < 1.29 is 19.2 Å². The Balaban J connectivity index is 1.99. The lowest BCUT2D eigenvalue weighted by Gasteiger charge is -2.09. The molecule has 2 aromatic rings. The van der Waals surface area contributed by atoms with Crippen LogP contribution in [0.3, 0.4) is 0 Å². The minimum absolute atomic E-state index is 0.0279. The molecule has 0 aromatic heterocycles. The summed E-state index contributed by atoms with van der Waals surface area (Å²) in [5.41, 5.74) is 1.64. The highest BCUT2D eigenvalue weighted by Crippen LogP contribution is 2.28. The number of carbonyl (C=O) groups is 1. The van der Waals surface area contributed by atoms with E-state index >= 15 is 0 Å². The monoisotopic (exact) mass is 401 g/mol. The van der Waals surface area contributed by atoms with Gasteiger partial charge in [0.2, 0.25) is 5.91 Å². The number of hydrogen-bond donors (Lipinski definition) is 2. The zero-order valence-corrected chi connectivity index (χ0v) is 16.3. The van der Waals surface area contributed by atoms with E-state index in [4.69, 9.17) is 21.7 Å². The van der Waals surface area contributed by atoms with Gasteiger partial charge < -0.3 is 14.8 Å². The molecule has 0 radical (unpaired) electrons. The Hall–Kier alpha value is -3.46. The summed E-state index contributed by atoms with van der Waals surface area (Å²) in [5, 5.41) is 16.3. The average molecular weight is 401 g/mol. The molecular formula is C19H19N3O5S. The lowest BCUT2D eigenvalue weighted by molar-refractivity contribution is -0.385. The van der Waals surface area contributed by atoms with Gasteiger partial charge in [-0.2, -0.15) is 0 Å². The molecule has 146 valence electrons. The number of aryl methyl sites for hydroxylation is 1. The largest absolute Gasteiger partial charge is 0.493 e. The van der Waals surface area contributed by atoms with E-state index < -0.39 is 10.8 Å². The SMILES string of the molecule is COc1ccc(/C=C/C(=O)NC(=S)Nc2ccc(C)c([N+](=O)[O-])c2)cc1OC. The van der Waals surface area contributed by atoms with Crippen LogP contribution in [0.15, 0.2) is 42.5 Å². The van der Waals surface area contributed by atoms with Gasteiger partial charge in [0.25, 0.3) is 5.69 Å². The Bertz CT molecular complexity index is 943. The third-order valence-corrected chi connectivity index (χ3v) is 3.94. The quantitative estimate of drug-likeness (QED) is 0.331. The van der Waals surface area contributed by atoms with Gasteiger partial charge in [0.15, 0.2) is 16.6 Å². The van der Waals surface area contributed by atoms with Crippen molar-refractivity contribution in [3.63, 3.8) is 0 Å². The predicted molar refractivity (Wildman–Crippen MR) is 111 cm³/mol. The second kappa shape index (κ2) is 9.47. The number of ether oxygens (including phenoxy) is 2. The van der Waals surface area contributed by atoms with Crippen LogP contribution in [-0.2, 0) is 4.79 Å². The second-order valence-corrected chi connectivity index (χ2v) is 6.06. The molecule has 2 N–H and O–H groups in total. The normalized spacial score (nSPS) is 10.4. The number of nitrogens with one attached hydrogen (secondary N) is 2. The van der Waals surface area contributed by atoms with Crippen molar-refractivity contribution in [1.82, 2.24) is 5.32 Å². The fourth-order valence-electron chi connectivity index (χ4n) is 2.33. The molecule has 0 aliphatic rings. The van der Waals surface area contributed by atoms with Gasteiger partial charge >= 0.3 is 0 Å². The molecule has 0 unspecified atom stereocenters. The molecule has 0 atom stereocenters. The van der Waals surface area contributed by atoms with Crippen LogP contribution in [-0.4, -0.2) is 30.2 Å².